The number of aliphatic carboxylic acids is 1. The Bertz CT molecular complexity index is 581. The van der Waals surface area contributed by atoms with Gasteiger partial charge in [-0.2, -0.15) is 0 Å². The number of amides is 1. The molecule has 2 N–H and O–H groups in total. The molecule has 0 aromatic heterocycles. The second kappa shape index (κ2) is 6.30. The quantitative estimate of drug-likeness (QED) is 0.769. The number of anilines is 1. The summed E-state index contributed by atoms with van der Waals surface area (Å²) in [6.07, 6.45) is 1.06. The molecule has 1 aromatic rings. The van der Waals surface area contributed by atoms with Crippen LogP contribution in [-0.4, -0.2) is 44.9 Å². The topological polar surface area (TPSA) is 110 Å². The summed E-state index contributed by atoms with van der Waals surface area (Å²) in [6, 6.07) is 5.73. The standard InChI is InChI=1S/C11H13NO6S/c1-19(16,17)9-4-2-3-8(5-9)12-10(13)6-18-7-11(14)15/h2-5H,6-7H2,1H3,(H,12,13)(H,14,15). The SMILES string of the molecule is CS(=O)(=O)c1cccc(NC(=O)COCC(=O)O)c1. The van der Waals surface area contributed by atoms with Gasteiger partial charge in [-0.15, -0.1) is 0 Å². The smallest absolute Gasteiger partial charge is 0.329 e. The number of hydrogen-bond donors (Lipinski definition) is 2. The number of carboxylic acids is 1. The maximum Gasteiger partial charge on any atom is 0.329 e. The van der Waals surface area contributed by atoms with Crippen molar-refractivity contribution in [1.29, 1.82) is 0 Å². The lowest BCUT2D eigenvalue weighted by molar-refractivity contribution is -0.143. The van der Waals surface area contributed by atoms with E-state index in [0.717, 1.165) is 6.26 Å². The molecule has 0 heterocycles. The van der Waals surface area contributed by atoms with Crippen molar-refractivity contribution in [2.45, 2.75) is 4.90 Å². The fraction of sp³-hybridized carbons (Fsp3) is 0.273. The van der Waals surface area contributed by atoms with Crippen LogP contribution >= 0.6 is 0 Å². The van der Waals surface area contributed by atoms with E-state index in [9.17, 15) is 18.0 Å². The molecule has 0 saturated heterocycles. The molecule has 1 amide bonds. The van der Waals surface area contributed by atoms with Crippen LogP contribution < -0.4 is 5.32 Å². The molecule has 1 aromatic carbocycles. The highest BCUT2D eigenvalue weighted by Gasteiger charge is 2.09. The highest BCUT2D eigenvalue weighted by Crippen LogP contribution is 2.15. The van der Waals surface area contributed by atoms with Crippen LogP contribution in [0.2, 0.25) is 0 Å². The first-order valence-electron chi connectivity index (χ1n) is 5.18. The Morgan fingerprint density at radius 1 is 1.32 bits per heavy atom. The van der Waals surface area contributed by atoms with Gasteiger partial charge < -0.3 is 15.2 Å². The molecule has 0 aliphatic heterocycles. The number of sulfone groups is 1. The molecule has 19 heavy (non-hydrogen) atoms. The van der Waals surface area contributed by atoms with Gasteiger partial charge >= 0.3 is 5.97 Å². The van der Waals surface area contributed by atoms with Gasteiger partial charge in [0.15, 0.2) is 9.84 Å². The number of nitrogens with one attached hydrogen (secondary N) is 1. The lowest BCUT2D eigenvalue weighted by Crippen LogP contribution is -2.20. The largest absolute Gasteiger partial charge is 0.480 e. The molecule has 0 saturated carbocycles. The van der Waals surface area contributed by atoms with Gasteiger partial charge in [0.2, 0.25) is 5.91 Å². The number of hydrogen-bond acceptors (Lipinski definition) is 5. The monoisotopic (exact) mass is 287 g/mol. The van der Waals surface area contributed by atoms with Crippen molar-refractivity contribution >= 4 is 27.4 Å². The van der Waals surface area contributed by atoms with E-state index in [1.807, 2.05) is 0 Å². The molecule has 1 rings (SSSR count). The minimum absolute atomic E-state index is 0.0803. The predicted octanol–water partition coefficient (Wildman–Crippen LogP) is 0.130. The summed E-state index contributed by atoms with van der Waals surface area (Å²) in [5, 5.41) is 10.7. The second-order valence-corrected chi connectivity index (χ2v) is 5.75. The van der Waals surface area contributed by atoms with Crippen molar-refractivity contribution in [3.05, 3.63) is 24.3 Å². The Morgan fingerprint density at radius 2 is 2.00 bits per heavy atom. The van der Waals surface area contributed by atoms with E-state index in [0.29, 0.717) is 5.69 Å². The van der Waals surface area contributed by atoms with Crippen molar-refractivity contribution in [2.24, 2.45) is 0 Å². The maximum absolute atomic E-state index is 11.4. The van der Waals surface area contributed by atoms with Crippen molar-refractivity contribution in [2.75, 3.05) is 24.8 Å². The second-order valence-electron chi connectivity index (χ2n) is 3.73. The van der Waals surface area contributed by atoms with Gasteiger partial charge in [-0.25, -0.2) is 13.2 Å². The third-order valence-electron chi connectivity index (χ3n) is 2.00. The summed E-state index contributed by atoms with van der Waals surface area (Å²) in [6.45, 7) is -0.994. The van der Waals surface area contributed by atoms with Gasteiger partial charge in [-0.1, -0.05) is 6.07 Å². The summed E-state index contributed by atoms with van der Waals surface area (Å²) in [5.74, 6) is -1.74. The molecule has 0 bridgehead atoms. The molecule has 0 atom stereocenters. The van der Waals surface area contributed by atoms with Gasteiger partial charge in [0.1, 0.15) is 13.2 Å². The lowest BCUT2D eigenvalue weighted by atomic mass is 10.3. The number of benzene rings is 1. The first-order valence-corrected chi connectivity index (χ1v) is 7.07. The molecule has 7 nitrogen and oxygen atoms in total. The number of carboxylic acid groups (broad SMARTS) is 1. The summed E-state index contributed by atoms with van der Waals surface area (Å²) >= 11 is 0. The van der Waals surface area contributed by atoms with E-state index in [4.69, 9.17) is 5.11 Å². The van der Waals surface area contributed by atoms with Gasteiger partial charge in [0.05, 0.1) is 4.90 Å². The molecule has 0 spiro atoms. The predicted molar refractivity (Wildman–Crippen MR) is 66.6 cm³/mol. The Morgan fingerprint density at radius 3 is 2.58 bits per heavy atom. The highest BCUT2D eigenvalue weighted by atomic mass is 32.2. The van der Waals surface area contributed by atoms with Gasteiger partial charge in [0.25, 0.3) is 0 Å². The molecule has 0 radical (unpaired) electrons. The molecular formula is C11H13NO6S. The number of carbonyl (C=O) groups excluding carboxylic acids is 1. The Kier molecular flexibility index (Phi) is 5.02. The van der Waals surface area contributed by atoms with E-state index in [1.54, 1.807) is 0 Å². The number of rotatable bonds is 6. The number of ether oxygens (including phenoxy) is 1. The van der Waals surface area contributed by atoms with E-state index in [-0.39, 0.29) is 4.90 Å². The molecule has 8 heteroatoms. The summed E-state index contributed by atoms with van der Waals surface area (Å²) < 4.78 is 27.2. The van der Waals surface area contributed by atoms with Crippen molar-refractivity contribution in [3.8, 4) is 0 Å². The molecule has 0 aliphatic carbocycles. The van der Waals surface area contributed by atoms with Crippen LogP contribution in [0.5, 0.6) is 0 Å². The highest BCUT2D eigenvalue weighted by molar-refractivity contribution is 7.90. The first kappa shape index (κ1) is 15.1. The van der Waals surface area contributed by atoms with Crippen molar-refractivity contribution < 1.29 is 27.9 Å². The minimum Gasteiger partial charge on any atom is -0.480 e. The van der Waals surface area contributed by atoms with E-state index in [1.165, 1.54) is 24.3 Å². The molecule has 0 fully saturated rings. The zero-order valence-electron chi connectivity index (χ0n) is 10.1. The van der Waals surface area contributed by atoms with E-state index in [2.05, 4.69) is 10.1 Å². The summed E-state index contributed by atoms with van der Waals surface area (Å²) in [4.78, 5) is 21.6. The third kappa shape index (κ3) is 5.49. The van der Waals surface area contributed by atoms with Crippen LogP contribution in [0.25, 0.3) is 0 Å². The van der Waals surface area contributed by atoms with E-state index < -0.39 is 34.9 Å². The first-order chi connectivity index (χ1) is 8.79. The maximum atomic E-state index is 11.4. The normalized spacial score (nSPS) is 11.0. The zero-order chi connectivity index (χ0) is 14.5. The lowest BCUT2D eigenvalue weighted by Gasteiger charge is -2.06. The Labute approximate surface area is 110 Å². The van der Waals surface area contributed by atoms with Crippen molar-refractivity contribution in [3.63, 3.8) is 0 Å². The molecule has 0 aliphatic rings. The molecular weight excluding hydrogens is 274 g/mol. The van der Waals surface area contributed by atoms with Gasteiger partial charge in [0, 0.05) is 11.9 Å². The van der Waals surface area contributed by atoms with Crippen LogP contribution in [0.4, 0.5) is 5.69 Å². The van der Waals surface area contributed by atoms with Crippen LogP contribution in [0.1, 0.15) is 0 Å². The van der Waals surface area contributed by atoms with E-state index >= 15 is 0 Å². The molecule has 0 unspecified atom stereocenters. The minimum atomic E-state index is -3.35. The fourth-order valence-corrected chi connectivity index (χ4v) is 1.90. The average Bonchev–Trinajstić information content (AvgIpc) is 2.27. The Balaban J connectivity index is 2.62. The summed E-state index contributed by atoms with van der Waals surface area (Å²) in [5.41, 5.74) is 0.298. The van der Waals surface area contributed by atoms with Crippen LogP contribution in [-0.2, 0) is 24.2 Å². The fourth-order valence-electron chi connectivity index (χ4n) is 1.23. The van der Waals surface area contributed by atoms with Crippen molar-refractivity contribution in [1.82, 2.24) is 0 Å². The molecule has 104 valence electrons. The number of carbonyl (C=O) groups is 2. The van der Waals surface area contributed by atoms with Gasteiger partial charge in [-0.3, -0.25) is 4.79 Å². The summed E-state index contributed by atoms with van der Waals surface area (Å²) in [7, 11) is -3.35. The Hall–Kier alpha value is -1.93. The van der Waals surface area contributed by atoms with Crippen LogP contribution in [0, 0.1) is 0 Å². The zero-order valence-corrected chi connectivity index (χ0v) is 10.9. The van der Waals surface area contributed by atoms with Crippen LogP contribution in [0.3, 0.4) is 0 Å². The van der Waals surface area contributed by atoms with Crippen LogP contribution in [0.15, 0.2) is 29.2 Å². The van der Waals surface area contributed by atoms with Gasteiger partial charge in [-0.05, 0) is 18.2 Å². The third-order valence-corrected chi connectivity index (χ3v) is 3.11. The average molecular weight is 287 g/mol.